The zero-order valence-corrected chi connectivity index (χ0v) is 10.9. The number of nitrogens with zero attached hydrogens (tertiary/aromatic N) is 1. The van der Waals surface area contributed by atoms with Gasteiger partial charge in [0.2, 0.25) is 0 Å². The average Bonchev–Trinajstić information content (AvgIpc) is 2.49. The number of carbonyl (C=O) groups is 1. The number of hydrogen-bond acceptors (Lipinski definition) is 2. The van der Waals surface area contributed by atoms with Crippen LogP contribution in [0.1, 0.15) is 23.5 Å². The van der Waals surface area contributed by atoms with Crippen LogP contribution in [0, 0.1) is 17.1 Å². The molecule has 0 aliphatic carbocycles. The fraction of sp³-hybridized carbons (Fsp3) is 0.176. The van der Waals surface area contributed by atoms with E-state index < -0.39 is 11.7 Å². The molecule has 0 heterocycles. The highest BCUT2D eigenvalue weighted by Crippen LogP contribution is 2.21. The maximum atomic E-state index is 13.6. The maximum absolute atomic E-state index is 13.6. The third-order valence-electron chi connectivity index (χ3n) is 3.17. The van der Waals surface area contributed by atoms with E-state index in [-0.39, 0.29) is 17.8 Å². The van der Waals surface area contributed by atoms with Crippen molar-refractivity contribution in [2.75, 3.05) is 0 Å². The van der Waals surface area contributed by atoms with E-state index in [1.54, 1.807) is 12.1 Å². The van der Waals surface area contributed by atoms with Crippen LogP contribution in [0.25, 0.3) is 0 Å². The van der Waals surface area contributed by atoms with E-state index in [1.165, 1.54) is 12.1 Å². The zero-order chi connectivity index (χ0) is 14.4. The second-order valence-electron chi connectivity index (χ2n) is 4.54. The number of halogens is 1. The molecule has 20 heavy (non-hydrogen) atoms. The van der Waals surface area contributed by atoms with Gasteiger partial charge >= 0.3 is 0 Å². The van der Waals surface area contributed by atoms with Crippen LogP contribution in [0.4, 0.5) is 4.39 Å². The van der Waals surface area contributed by atoms with Crippen molar-refractivity contribution in [1.29, 1.82) is 5.26 Å². The summed E-state index contributed by atoms with van der Waals surface area (Å²) in [6.45, 7) is 0. The molecule has 0 amide bonds. The van der Waals surface area contributed by atoms with E-state index in [4.69, 9.17) is 5.26 Å². The quantitative estimate of drug-likeness (QED) is 0.830. The molecule has 0 spiro atoms. The lowest BCUT2D eigenvalue weighted by Crippen LogP contribution is -2.13. The first-order valence-corrected chi connectivity index (χ1v) is 6.43. The van der Waals surface area contributed by atoms with Gasteiger partial charge in [0.15, 0.2) is 5.78 Å². The van der Waals surface area contributed by atoms with Crippen LogP contribution in [0.2, 0.25) is 0 Å². The van der Waals surface area contributed by atoms with Gasteiger partial charge in [0.25, 0.3) is 0 Å². The van der Waals surface area contributed by atoms with Crippen LogP contribution in [-0.2, 0) is 11.2 Å². The number of hydrogen-bond donors (Lipinski definition) is 0. The number of aryl methyl sites for hydroxylation is 1. The number of carbonyl (C=O) groups excluding carboxylic acids is 1. The summed E-state index contributed by atoms with van der Waals surface area (Å²) in [5.74, 6) is -1.78. The van der Waals surface area contributed by atoms with Crippen LogP contribution in [0.5, 0.6) is 0 Å². The Labute approximate surface area is 117 Å². The molecule has 1 atom stereocenters. The zero-order valence-electron chi connectivity index (χ0n) is 10.9. The molecule has 0 aliphatic rings. The normalized spacial score (nSPS) is 11.6. The molecule has 2 rings (SSSR count). The van der Waals surface area contributed by atoms with Crippen LogP contribution in [0.15, 0.2) is 54.6 Å². The number of ketones is 1. The van der Waals surface area contributed by atoms with Crippen molar-refractivity contribution in [1.82, 2.24) is 0 Å². The molecular formula is C17H14FNO. The molecule has 0 N–H and O–H groups in total. The van der Waals surface area contributed by atoms with Gasteiger partial charge in [-0.15, -0.1) is 0 Å². The molecule has 2 nitrogen and oxygen atoms in total. The number of nitriles is 1. The van der Waals surface area contributed by atoms with Gasteiger partial charge in [-0.1, -0.05) is 48.5 Å². The molecule has 3 heteroatoms. The number of Topliss-reactive ketones (excluding diaryl/α,β-unsaturated/α-hetero) is 1. The van der Waals surface area contributed by atoms with Crippen LogP contribution in [-0.4, -0.2) is 5.78 Å². The van der Waals surface area contributed by atoms with Crippen molar-refractivity contribution in [2.24, 2.45) is 0 Å². The summed E-state index contributed by atoms with van der Waals surface area (Å²) < 4.78 is 13.6. The van der Waals surface area contributed by atoms with Gasteiger partial charge in [0.05, 0.1) is 6.07 Å². The third kappa shape index (κ3) is 3.30. The standard InChI is InChI=1S/C17H14FNO/c18-16-9-5-4-8-14(16)15(12-19)17(20)11-10-13-6-2-1-3-7-13/h1-9,15H,10-11H2. The lowest BCUT2D eigenvalue weighted by atomic mass is 9.92. The van der Waals surface area contributed by atoms with E-state index in [2.05, 4.69) is 0 Å². The minimum Gasteiger partial charge on any atom is -0.298 e. The molecule has 0 aliphatic heterocycles. The van der Waals surface area contributed by atoms with Crippen molar-refractivity contribution in [3.05, 3.63) is 71.5 Å². The lowest BCUT2D eigenvalue weighted by Gasteiger charge is -2.09. The summed E-state index contributed by atoms with van der Waals surface area (Å²) in [7, 11) is 0. The Kier molecular flexibility index (Phi) is 4.62. The number of benzene rings is 2. The molecule has 0 fully saturated rings. The Morgan fingerprint density at radius 3 is 2.40 bits per heavy atom. The van der Waals surface area contributed by atoms with Gasteiger partial charge in [-0.25, -0.2) is 4.39 Å². The molecule has 1 unspecified atom stereocenters. The fourth-order valence-corrected chi connectivity index (χ4v) is 2.08. The van der Waals surface area contributed by atoms with E-state index >= 15 is 0 Å². The van der Waals surface area contributed by atoms with Crippen LogP contribution < -0.4 is 0 Å². The summed E-state index contributed by atoms with van der Waals surface area (Å²) >= 11 is 0. The summed E-state index contributed by atoms with van der Waals surface area (Å²) in [6.07, 6.45) is 0.795. The summed E-state index contributed by atoms with van der Waals surface area (Å²) in [5, 5.41) is 9.13. The molecule has 2 aromatic rings. The first kappa shape index (κ1) is 14.0. The predicted molar refractivity (Wildman–Crippen MR) is 74.5 cm³/mol. The monoisotopic (exact) mass is 267 g/mol. The van der Waals surface area contributed by atoms with Crippen LogP contribution >= 0.6 is 0 Å². The molecule has 0 saturated carbocycles. The van der Waals surface area contributed by atoms with Gasteiger partial charge < -0.3 is 0 Å². The van der Waals surface area contributed by atoms with Gasteiger partial charge in [-0.05, 0) is 18.1 Å². The van der Waals surface area contributed by atoms with E-state index in [0.29, 0.717) is 6.42 Å². The average molecular weight is 267 g/mol. The molecule has 0 bridgehead atoms. The summed E-state index contributed by atoms with van der Waals surface area (Å²) in [5.41, 5.74) is 1.19. The second kappa shape index (κ2) is 6.63. The second-order valence-corrected chi connectivity index (χ2v) is 4.54. The Morgan fingerprint density at radius 2 is 1.75 bits per heavy atom. The molecular weight excluding hydrogens is 253 g/mol. The Hall–Kier alpha value is -2.47. The van der Waals surface area contributed by atoms with E-state index in [0.717, 1.165) is 5.56 Å². The predicted octanol–water partition coefficient (Wildman–Crippen LogP) is 3.63. The molecule has 100 valence electrons. The van der Waals surface area contributed by atoms with E-state index in [1.807, 2.05) is 36.4 Å². The maximum Gasteiger partial charge on any atom is 0.154 e. The highest BCUT2D eigenvalue weighted by atomic mass is 19.1. The SMILES string of the molecule is N#CC(C(=O)CCc1ccccc1)c1ccccc1F. The smallest absolute Gasteiger partial charge is 0.154 e. The van der Waals surface area contributed by atoms with Gasteiger partial charge in [0.1, 0.15) is 11.7 Å². The molecule has 2 aromatic carbocycles. The van der Waals surface area contributed by atoms with Crippen molar-refractivity contribution < 1.29 is 9.18 Å². The van der Waals surface area contributed by atoms with Gasteiger partial charge in [-0.3, -0.25) is 4.79 Å². The molecule has 0 aromatic heterocycles. The van der Waals surface area contributed by atoms with Crippen molar-refractivity contribution in [3.8, 4) is 6.07 Å². The topological polar surface area (TPSA) is 40.9 Å². The Morgan fingerprint density at radius 1 is 1.10 bits per heavy atom. The minimum absolute atomic E-state index is 0.160. The number of rotatable bonds is 5. The van der Waals surface area contributed by atoms with Gasteiger partial charge in [0, 0.05) is 12.0 Å². The molecule has 0 saturated heterocycles. The highest BCUT2D eigenvalue weighted by Gasteiger charge is 2.22. The third-order valence-corrected chi connectivity index (χ3v) is 3.17. The van der Waals surface area contributed by atoms with Crippen LogP contribution in [0.3, 0.4) is 0 Å². The highest BCUT2D eigenvalue weighted by molar-refractivity contribution is 5.88. The van der Waals surface area contributed by atoms with Crippen molar-refractivity contribution >= 4 is 5.78 Å². The molecule has 0 radical (unpaired) electrons. The summed E-state index contributed by atoms with van der Waals surface area (Å²) in [4.78, 5) is 12.1. The minimum atomic E-state index is -1.03. The largest absolute Gasteiger partial charge is 0.298 e. The van der Waals surface area contributed by atoms with Crippen molar-refractivity contribution in [2.45, 2.75) is 18.8 Å². The Balaban J connectivity index is 2.07. The van der Waals surface area contributed by atoms with Gasteiger partial charge in [-0.2, -0.15) is 5.26 Å². The Bertz CT molecular complexity index is 631. The lowest BCUT2D eigenvalue weighted by molar-refractivity contribution is -0.119. The summed E-state index contributed by atoms with van der Waals surface area (Å²) in [6, 6.07) is 17.4. The first-order chi connectivity index (χ1) is 9.72. The van der Waals surface area contributed by atoms with E-state index in [9.17, 15) is 9.18 Å². The fourth-order valence-electron chi connectivity index (χ4n) is 2.08. The first-order valence-electron chi connectivity index (χ1n) is 6.43. The van der Waals surface area contributed by atoms with Crippen molar-refractivity contribution in [3.63, 3.8) is 0 Å².